The smallest absolute Gasteiger partial charge is 0.309 e. The van der Waals surface area contributed by atoms with Gasteiger partial charge >= 0.3 is 5.97 Å². The Morgan fingerprint density at radius 2 is 2.00 bits per heavy atom. The van der Waals surface area contributed by atoms with Gasteiger partial charge in [0, 0.05) is 17.5 Å². The van der Waals surface area contributed by atoms with E-state index >= 15 is 0 Å². The van der Waals surface area contributed by atoms with Gasteiger partial charge in [0.2, 0.25) is 5.91 Å². The molecular weight excluding hydrogens is 266 g/mol. The molecule has 1 amide bonds. The second-order valence-corrected chi connectivity index (χ2v) is 5.55. The van der Waals surface area contributed by atoms with E-state index in [2.05, 4.69) is 0 Å². The molecule has 3 rings (SSSR count). The number of carbonyl (C=O) groups excluding carboxylic acids is 1. The third-order valence-corrected chi connectivity index (χ3v) is 4.19. The van der Waals surface area contributed by atoms with Gasteiger partial charge in [-0.05, 0) is 24.5 Å². The third kappa shape index (κ3) is 2.10. The number of hydrogen-bond donors (Lipinski definition) is 1. The van der Waals surface area contributed by atoms with E-state index < -0.39 is 17.9 Å². The summed E-state index contributed by atoms with van der Waals surface area (Å²) in [6.07, 6.45) is 1.99. The molecule has 0 spiro atoms. The number of nitrogens with zero attached hydrogens (tertiary/aromatic N) is 1. The van der Waals surface area contributed by atoms with E-state index in [1.165, 1.54) is 0 Å². The third-order valence-electron chi connectivity index (χ3n) is 3.84. The van der Waals surface area contributed by atoms with Crippen LogP contribution in [0.25, 0.3) is 0 Å². The second-order valence-electron chi connectivity index (χ2n) is 5.15. The minimum Gasteiger partial charge on any atom is -0.481 e. The Balaban J connectivity index is 2.04. The minimum atomic E-state index is -0.929. The Hall–Kier alpha value is -1.55. The zero-order valence-electron chi connectivity index (χ0n) is 10.3. The van der Waals surface area contributed by atoms with Crippen molar-refractivity contribution in [3.05, 3.63) is 34.9 Å². The summed E-state index contributed by atoms with van der Waals surface area (Å²) in [6, 6.07) is 6.96. The van der Waals surface area contributed by atoms with Crippen molar-refractivity contribution in [2.45, 2.75) is 31.3 Å². The molecule has 1 heterocycles. The fraction of sp³-hybridized carbons (Fsp3) is 0.429. The lowest BCUT2D eigenvalue weighted by molar-refractivity contribution is -0.142. The van der Waals surface area contributed by atoms with Gasteiger partial charge in [0.05, 0.1) is 12.0 Å². The van der Waals surface area contributed by atoms with Crippen molar-refractivity contribution >= 4 is 23.5 Å². The number of benzene rings is 1. The van der Waals surface area contributed by atoms with Gasteiger partial charge in [-0.15, -0.1) is 0 Å². The van der Waals surface area contributed by atoms with E-state index in [4.69, 9.17) is 11.6 Å². The molecule has 1 aliphatic carbocycles. The van der Waals surface area contributed by atoms with Crippen molar-refractivity contribution in [2.75, 3.05) is 0 Å². The molecule has 0 aromatic heterocycles. The highest BCUT2D eigenvalue weighted by molar-refractivity contribution is 6.31. The monoisotopic (exact) mass is 279 g/mol. The first-order chi connectivity index (χ1) is 9.09. The van der Waals surface area contributed by atoms with Gasteiger partial charge in [0.15, 0.2) is 0 Å². The Bertz CT molecular complexity index is 541. The molecule has 1 aromatic carbocycles. The number of rotatable bonds is 3. The first-order valence-electron chi connectivity index (χ1n) is 6.38. The van der Waals surface area contributed by atoms with Crippen LogP contribution in [0.2, 0.25) is 5.02 Å². The van der Waals surface area contributed by atoms with Crippen LogP contribution in [0.3, 0.4) is 0 Å². The first kappa shape index (κ1) is 12.5. The molecule has 1 saturated carbocycles. The van der Waals surface area contributed by atoms with Gasteiger partial charge in [-0.3, -0.25) is 9.59 Å². The van der Waals surface area contributed by atoms with Gasteiger partial charge in [-0.25, -0.2) is 0 Å². The van der Waals surface area contributed by atoms with E-state index in [-0.39, 0.29) is 18.4 Å². The van der Waals surface area contributed by atoms with Crippen molar-refractivity contribution in [2.24, 2.45) is 5.92 Å². The van der Waals surface area contributed by atoms with Crippen LogP contribution < -0.4 is 0 Å². The quantitative estimate of drug-likeness (QED) is 0.925. The summed E-state index contributed by atoms with van der Waals surface area (Å²) < 4.78 is 0. The number of carbonyl (C=O) groups is 2. The fourth-order valence-electron chi connectivity index (χ4n) is 2.84. The predicted molar refractivity (Wildman–Crippen MR) is 69.8 cm³/mol. The summed E-state index contributed by atoms with van der Waals surface area (Å²) in [5.41, 5.74) is 0.745. The van der Waals surface area contributed by atoms with Gasteiger partial charge in [0.1, 0.15) is 0 Å². The van der Waals surface area contributed by atoms with Crippen LogP contribution in [0.4, 0.5) is 0 Å². The SMILES string of the molecule is O=C(O)[C@@H]1CC(=O)N(C2CC2)[C@H]1c1ccccc1Cl. The van der Waals surface area contributed by atoms with Crippen LogP contribution in [-0.2, 0) is 9.59 Å². The Morgan fingerprint density at radius 1 is 1.32 bits per heavy atom. The van der Waals surface area contributed by atoms with Crippen LogP contribution >= 0.6 is 11.6 Å². The Kier molecular flexibility index (Phi) is 2.97. The zero-order valence-corrected chi connectivity index (χ0v) is 11.0. The summed E-state index contributed by atoms with van der Waals surface area (Å²) in [5.74, 6) is -1.70. The highest BCUT2D eigenvalue weighted by Gasteiger charge is 2.50. The van der Waals surface area contributed by atoms with Crippen LogP contribution in [0.15, 0.2) is 24.3 Å². The van der Waals surface area contributed by atoms with Crippen LogP contribution in [-0.4, -0.2) is 27.9 Å². The number of halogens is 1. The summed E-state index contributed by atoms with van der Waals surface area (Å²) in [4.78, 5) is 25.2. The molecule has 5 heteroatoms. The molecule has 2 aliphatic rings. The number of amides is 1. The van der Waals surface area contributed by atoms with Crippen molar-refractivity contribution in [3.8, 4) is 0 Å². The van der Waals surface area contributed by atoms with Crippen molar-refractivity contribution in [1.29, 1.82) is 0 Å². The van der Waals surface area contributed by atoms with Crippen molar-refractivity contribution < 1.29 is 14.7 Å². The number of likely N-dealkylation sites (tertiary alicyclic amines) is 1. The Morgan fingerprint density at radius 3 is 2.58 bits per heavy atom. The lowest BCUT2D eigenvalue weighted by Crippen LogP contribution is -2.32. The number of carboxylic acid groups (broad SMARTS) is 1. The zero-order chi connectivity index (χ0) is 13.6. The highest BCUT2D eigenvalue weighted by atomic mass is 35.5. The summed E-state index contributed by atoms with van der Waals surface area (Å²) in [7, 11) is 0. The molecule has 1 saturated heterocycles. The largest absolute Gasteiger partial charge is 0.481 e. The summed E-state index contributed by atoms with van der Waals surface area (Å²) >= 11 is 6.18. The van der Waals surface area contributed by atoms with Gasteiger partial charge in [-0.2, -0.15) is 0 Å². The molecule has 0 radical (unpaired) electrons. The molecule has 0 bridgehead atoms. The lowest BCUT2D eigenvalue weighted by atomic mass is 9.93. The minimum absolute atomic E-state index is 0.0696. The number of aliphatic carboxylic acids is 1. The lowest BCUT2D eigenvalue weighted by Gasteiger charge is -2.28. The molecule has 1 N–H and O–H groups in total. The van der Waals surface area contributed by atoms with Crippen LogP contribution in [0, 0.1) is 5.92 Å². The summed E-state index contributed by atoms with van der Waals surface area (Å²) in [6.45, 7) is 0. The number of carboxylic acids is 1. The van der Waals surface area contributed by atoms with Crippen LogP contribution in [0.1, 0.15) is 30.9 Å². The van der Waals surface area contributed by atoms with Crippen molar-refractivity contribution in [1.82, 2.24) is 4.90 Å². The molecule has 1 aliphatic heterocycles. The number of hydrogen-bond acceptors (Lipinski definition) is 2. The van der Waals surface area contributed by atoms with Gasteiger partial charge in [0.25, 0.3) is 0 Å². The van der Waals surface area contributed by atoms with Crippen molar-refractivity contribution in [3.63, 3.8) is 0 Å². The maximum atomic E-state index is 12.1. The molecule has 1 aromatic rings. The van der Waals surface area contributed by atoms with E-state index in [0.717, 1.165) is 18.4 Å². The van der Waals surface area contributed by atoms with E-state index in [1.54, 1.807) is 17.0 Å². The fourth-order valence-corrected chi connectivity index (χ4v) is 3.09. The maximum Gasteiger partial charge on any atom is 0.309 e. The normalized spacial score (nSPS) is 26.8. The average molecular weight is 280 g/mol. The van der Waals surface area contributed by atoms with E-state index in [0.29, 0.717) is 5.02 Å². The molecule has 0 unspecified atom stereocenters. The van der Waals surface area contributed by atoms with E-state index in [1.807, 2.05) is 12.1 Å². The first-order valence-corrected chi connectivity index (χ1v) is 6.76. The highest BCUT2D eigenvalue weighted by Crippen LogP contribution is 2.46. The predicted octanol–water partition coefficient (Wildman–Crippen LogP) is 2.48. The second kappa shape index (κ2) is 4.53. The summed E-state index contributed by atoms with van der Waals surface area (Å²) in [5, 5.41) is 9.88. The van der Waals surface area contributed by atoms with Crippen LogP contribution in [0.5, 0.6) is 0 Å². The maximum absolute atomic E-state index is 12.1. The molecule has 100 valence electrons. The van der Waals surface area contributed by atoms with Gasteiger partial charge in [-0.1, -0.05) is 29.8 Å². The van der Waals surface area contributed by atoms with Gasteiger partial charge < -0.3 is 10.0 Å². The average Bonchev–Trinajstić information content (AvgIpc) is 3.13. The Labute approximate surface area is 116 Å². The standard InChI is InChI=1S/C14H14ClNO3/c15-11-4-2-1-3-9(11)13-10(14(18)19)7-12(17)16(13)8-5-6-8/h1-4,8,10,13H,5-7H2,(H,18,19)/t10-,13+/m1/s1. The van der Waals surface area contributed by atoms with E-state index in [9.17, 15) is 14.7 Å². The topological polar surface area (TPSA) is 57.6 Å². The molecular formula is C14H14ClNO3. The molecule has 2 atom stereocenters. The molecule has 19 heavy (non-hydrogen) atoms. The molecule has 4 nitrogen and oxygen atoms in total. The molecule has 2 fully saturated rings.